The Morgan fingerprint density at radius 2 is 0.411 bits per heavy atom. The zero-order valence-electron chi connectivity index (χ0n) is 60.6. The van der Waals surface area contributed by atoms with Crippen molar-refractivity contribution in [3.63, 3.8) is 0 Å². The maximum atomic E-state index is 6.67. The Kier molecular flexibility index (Phi) is 14.3. The molecule has 0 saturated heterocycles. The van der Waals surface area contributed by atoms with Gasteiger partial charge in [0.25, 0.3) is 0 Å². The molecule has 24 rings (SSSR count). The molecular formula is C108H64O4. The number of benzene rings is 20. The van der Waals surface area contributed by atoms with Gasteiger partial charge in [0.05, 0.1) is 0 Å². The Hall–Kier alpha value is -14.8. The number of hydrogen-bond donors (Lipinski definition) is 0. The first-order valence-corrected chi connectivity index (χ1v) is 38.3. The lowest BCUT2D eigenvalue weighted by atomic mass is 9.83. The molecule has 4 nitrogen and oxygen atoms in total. The predicted octanol–water partition coefficient (Wildman–Crippen LogP) is 31.2. The second-order valence-corrected chi connectivity index (χ2v) is 29.4. The van der Waals surface area contributed by atoms with E-state index in [1.165, 1.54) is 120 Å². The minimum absolute atomic E-state index is 0.892. The smallest absolute Gasteiger partial charge is 0.143 e. The summed E-state index contributed by atoms with van der Waals surface area (Å²) < 4.78 is 26.2. The summed E-state index contributed by atoms with van der Waals surface area (Å²) >= 11 is 0. The number of fused-ring (bicyclic) bond motifs is 18. The van der Waals surface area contributed by atoms with Gasteiger partial charge in [-0.3, -0.25) is 0 Å². The van der Waals surface area contributed by atoms with Gasteiger partial charge in [0, 0.05) is 54.2 Å². The molecule has 0 aliphatic rings. The van der Waals surface area contributed by atoms with Crippen molar-refractivity contribution < 1.29 is 17.7 Å². The van der Waals surface area contributed by atoms with Crippen LogP contribution in [0.25, 0.3) is 241 Å². The fourth-order valence-electron chi connectivity index (χ4n) is 18.4. The molecule has 0 unspecified atom stereocenters. The Labute approximate surface area is 643 Å². The molecule has 4 aromatic heterocycles. The monoisotopic (exact) mass is 1420 g/mol. The maximum absolute atomic E-state index is 6.67. The summed E-state index contributed by atoms with van der Waals surface area (Å²) in [6, 6.07) is 140. The minimum atomic E-state index is 0.892. The fourth-order valence-corrected chi connectivity index (χ4v) is 18.4. The molecule has 0 N–H and O–H groups in total. The van der Waals surface area contributed by atoms with Gasteiger partial charge in [-0.15, -0.1) is 0 Å². The van der Waals surface area contributed by atoms with Gasteiger partial charge in [-0.25, -0.2) is 0 Å². The average Bonchev–Trinajstić information content (AvgIpc) is 0.887. The van der Waals surface area contributed by atoms with Crippen LogP contribution in [-0.2, 0) is 0 Å². The fraction of sp³-hybridized carbons (Fsp3) is 0. The van der Waals surface area contributed by atoms with E-state index in [4.69, 9.17) is 17.7 Å². The van der Waals surface area contributed by atoms with Gasteiger partial charge in [-0.2, -0.15) is 0 Å². The first-order chi connectivity index (χ1) is 55.6. The average molecular weight is 1430 g/mol. The van der Waals surface area contributed by atoms with Crippen LogP contribution in [0.3, 0.4) is 0 Å². The zero-order valence-corrected chi connectivity index (χ0v) is 60.6. The molecule has 24 aromatic rings. The van der Waals surface area contributed by atoms with Crippen LogP contribution in [0.15, 0.2) is 406 Å². The normalized spacial score (nSPS) is 11.9. The lowest BCUT2D eigenvalue weighted by Gasteiger charge is -2.20. The quantitative estimate of drug-likeness (QED) is 0.142. The molecule has 0 fully saturated rings. The van der Waals surface area contributed by atoms with Crippen molar-refractivity contribution in [3.8, 4) is 89.0 Å². The van der Waals surface area contributed by atoms with Gasteiger partial charge in [0.1, 0.15) is 44.7 Å². The Bertz CT molecular complexity index is 7650. The molecular weight excluding hydrogens is 1360 g/mol. The third-order valence-electron chi connectivity index (χ3n) is 23.4. The van der Waals surface area contributed by atoms with Crippen molar-refractivity contribution in [3.05, 3.63) is 388 Å². The molecule has 0 aliphatic heterocycles. The standard InChI is InChI=1S/2C54H32O2/c1-2-14-33(15-3-1)35-20-8-16-34-17-9-29-46(51(34)35)52-40-23-10-21-36(42-25-12-27-44-38-18-4-6-30-49(38)55-53(42)44)47(40)32-48-37(22-11-24-41(48)52)43-26-13-28-45-39-19-5-7-31-50(39)56-54(43)45;1-2-12-33(13-3-1)39-20-8-14-34-15-9-23-46(53(34)39)54-44-21-10-18-37(35-26-28-42-40-16-4-6-24-49(40)55-51(42)30-35)47(44)32-48-38(19-11-22-45(48)54)36-27-29-43-41-17-5-7-25-50(41)56-52(43)31-36/h2*1-32H. The van der Waals surface area contributed by atoms with Crippen molar-refractivity contribution in [2.45, 2.75) is 0 Å². The first-order valence-electron chi connectivity index (χ1n) is 38.3. The van der Waals surface area contributed by atoms with Crippen molar-refractivity contribution in [1.29, 1.82) is 0 Å². The topological polar surface area (TPSA) is 52.6 Å². The summed E-state index contributed by atoms with van der Waals surface area (Å²) in [5.41, 5.74) is 25.9. The van der Waals surface area contributed by atoms with E-state index < -0.39 is 0 Å². The van der Waals surface area contributed by atoms with E-state index >= 15 is 0 Å². The van der Waals surface area contributed by atoms with Crippen LogP contribution >= 0.6 is 0 Å². The van der Waals surface area contributed by atoms with Gasteiger partial charge < -0.3 is 17.7 Å². The molecule has 20 aromatic carbocycles. The van der Waals surface area contributed by atoms with Gasteiger partial charge in [-0.1, -0.05) is 328 Å². The van der Waals surface area contributed by atoms with Crippen LogP contribution in [0.5, 0.6) is 0 Å². The van der Waals surface area contributed by atoms with Crippen molar-refractivity contribution >= 4 is 152 Å². The summed E-state index contributed by atoms with van der Waals surface area (Å²) in [5.74, 6) is 0. The molecule has 112 heavy (non-hydrogen) atoms. The second-order valence-electron chi connectivity index (χ2n) is 29.4. The highest BCUT2D eigenvalue weighted by atomic mass is 16.3. The highest BCUT2D eigenvalue weighted by Crippen LogP contribution is 2.52. The lowest BCUT2D eigenvalue weighted by molar-refractivity contribution is 0.668. The third-order valence-corrected chi connectivity index (χ3v) is 23.4. The van der Waals surface area contributed by atoms with Crippen molar-refractivity contribution in [2.75, 3.05) is 0 Å². The summed E-state index contributed by atoms with van der Waals surface area (Å²) in [7, 11) is 0. The number of para-hydroxylation sites is 6. The second kappa shape index (κ2) is 25.4. The highest BCUT2D eigenvalue weighted by molar-refractivity contribution is 6.27. The molecule has 0 aliphatic carbocycles. The third kappa shape index (κ3) is 9.95. The van der Waals surface area contributed by atoms with E-state index in [1.807, 2.05) is 36.4 Å². The van der Waals surface area contributed by atoms with Crippen LogP contribution in [0.1, 0.15) is 0 Å². The van der Waals surface area contributed by atoms with Crippen LogP contribution in [0.4, 0.5) is 0 Å². The summed E-state index contributed by atoms with van der Waals surface area (Å²) in [4.78, 5) is 0. The summed E-state index contributed by atoms with van der Waals surface area (Å²) in [6.07, 6.45) is 0. The van der Waals surface area contributed by atoms with Crippen LogP contribution in [0, 0.1) is 0 Å². The Morgan fingerprint density at radius 3 is 0.804 bits per heavy atom. The van der Waals surface area contributed by atoms with E-state index in [9.17, 15) is 0 Å². The maximum Gasteiger partial charge on any atom is 0.143 e. The molecule has 0 bridgehead atoms. The highest BCUT2D eigenvalue weighted by Gasteiger charge is 2.25. The molecule has 4 heterocycles. The van der Waals surface area contributed by atoms with Gasteiger partial charge in [0.2, 0.25) is 0 Å². The lowest BCUT2D eigenvalue weighted by Crippen LogP contribution is -1.93. The summed E-state index contributed by atoms with van der Waals surface area (Å²) in [6.45, 7) is 0. The van der Waals surface area contributed by atoms with Crippen LogP contribution in [-0.4, -0.2) is 0 Å². The predicted molar refractivity (Wildman–Crippen MR) is 471 cm³/mol. The summed E-state index contributed by atoms with van der Waals surface area (Å²) in [5, 5.41) is 23.5. The van der Waals surface area contributed by atoms with Gasteiger partial charge in [0.15, 0.2) is 0 Å². The first kappa shape index (κ1) is 63.3. The SMILES string of the molecule is c1ccc(-c2cccc3cccc(-c4c5cccc(-c6ccc7c(c6)oc6ccccc67)c5cc5c(-c6ccc7c(c6)oc6ccccc67)cccc45)c23)cc1.c1ccc(-c2cccc3cccc(-c4c5cccc(-c6cccc7c6oc6ccccc67)c5cc5c(-c6cccc7c6oc6ccccc67)cccc45)c23)cc1. The van der Waals surface area contributed by atoms with Gasteiger partial charge in [-0.05, 0) is 203 Å². The molecule has 0 radical (unpaired) electrons. The van der Waals surface area contributed by atoms with Gasteiger partial charge >= 0.3 is 0 Å². The van der Waals surface area contributed by atoms with E-state index in [1.54, 1.807) is 0 Å². The molecule has 0 amide bonds. The van der Waals surface area contributed by atoms with E-state index in [0.717, 1.165) is 121 Å². The number of furan rings is 4. The van der Waals surface area contributed by atoms with Crippen molar-refractivity contribution in [2.24, 2.45) is 0 Å². The molecule has 520 valence electrons. The molecule has 0 saturated carbocycles. The number of hydrogen-bond acceptors (Lipinski definition) is 4. The molecule has 4 heteroatoms. The Balaban J connectivity index is 0.000000134. The minimum Gasteiger partial charge on any atom is -0.456 e. The van der Waals surface area contributed by atoms with E-state index in [-0.39, 0.29) is 0 Å². The number of rotatable bonds is 8. The zero-order chi connectivity index (χ0) is 73.5. The molecule has 0 atom stereocenters. The van der Waals surface area contributed by atoms with Crippen molar-refractivity contribution in [1.82, 2.24) is 0 Å². The Morgan fingerprint density at radius 1 is 0.134 bits per heavy atom. The largest absolute Gasteiger partial charge is 0.456 e. The van der Waals surface area contributed by atoms with Crippen LogP contribution in [0.2, 0.25) is 0 Å². The van der Waals surface area contributed by atoms with E-state index in [0.29, 0.717) is 0 Å². The van der Waals surface area contributed by atoms with Crippen LogP contribution < -0.4 is 0 Å². The van der Waals surface area contributed by atoms with E-state index in [2.05, 4.69) is 352 Å². The molecule has 0 spiro atoms.